The molecule has 0 radical (unpaired) electrons. The smallest absolute Gasteiger partial charge is 0.356 e. The number of amides is 1. The van der Waals surface area contributed by atoms with Crippen LogP contribution in [0.5, 0.6) is 0 Å². The van der Waals surface area contributed by atoms with Gasteiger partial charge in [-0.1, -0.05) is 12.1 Å². The molecule has 2 heterocycles. The van der Waals surface area contributed by atoms with Crippen molar-refractivity contribution in [1.82, 2.24) is 9.78 Å². The maximum atomic E-state index is 12.5. The Bertz CT molecular complexity index is 756. The van der Waals surface area contributed by atoms with Gasteiger partial charge < -0.3 is 15.2 Å². The quantitative estimate of drug-likeness (QED) is 0.898. The highest BCUT2D eigenvalue weighted by molar-refractivity contribution is 5.94. The third-order valence-electron chi connectivity index (χ3n) is 4.07. The minimum atomic E-state index is -1.09. The van der Waals surface area contributed by atoms with Gasteiger partial charge in [-0.15, -0.1) is 0 Å². The maximum absolute atomic E-state index is 12.5. The molecule has 1 fully saturated rings. The fraction of sp³-hybridized carbons (Fsp3) is 0.353. The van der Waals surface area contributed by atoms with Gasteiger partial charge in [0.15, 0.2) is 5.69 Å². The van der Waals surface area contributed by atoms with E-state index in [4.69, 9.17) is 9.84 Å². The first-order valence-electron chi connectivity index (χ1n) is 7.85. The number of nitrogens with one attached hydrogen (secondary N) is 1. The lowest BCUT2D eigenvalue weighted by molar-refractivity contribution is -0.124. The van der Waals surface area contributed by atoms with Gasteiger partial charge in [-0.3, -0.25) is 4.79 Å². The van der Waals surface area contributed by atoms with Crippen molar-refractivity contribution >= 4 is 17.6 Å². The van der Waals surface area contributed by atoms with Crippen molar-refractivity contribution in [2.24, 2.45) is 5.92 Å². The molecule has 24 heavy (non-hydrogen) atoms. The highest BCUT2D eigenvalue weighted by Crippen LogP contribution is 2.24. The van der Waals surface area contributed by atoms with E-state index in [2.05, 4.69) is 10.4 Å². The van der Waals surface area contributed by atoms with Gasteiger partial charge in [0.1, 0.15) is 0 Å². The Morgan fingerprint density at radius 3 is 2.83 bits per heavy atom. The van der Waals surface area contributed by atoms with Crippen LogP contribution in [0.1, 0.15) is 30.3 Å². The first-order valence-corrected chi connectivity index (χ1v) is 7.85. The fourth-order valence-corrected chi connectivity index (χ4v) is 2.82. The maximum Gasteiger partial charge on any atom is 0.356 e. The van der Waals surface area contributed by atoms with Gasteiger partial charge in [-0.25, -0.2) is 9.48 Å². The van der Waals surface area contributed by atoms with Gasteiger partial charge in [-0.2, -0.15) is 5.10 Å². The van der Waals surface area contributed by atoms with Gasteiger partial charge in [-0.05, 0) is 38.0 Å². The molecule has 1 saturated heterocycles. The van der Waals surface area contributed by atoms with Crippen LogP contribution in [-0.2, 0) is 9.53 Å². The monoisotopic (exact) mass is 329 g/mol. The van der Waals surface area contributed by atoms with E-state index in [1.807, 2.05) is 19.1 Å². The number of carboxylic acid groups (broad SMARTS) is 1. The zero-order chi connectivity index (χ0) is 17.1. The molecule has 2 aromatic rings. The van der Waals surface area contributed by atoms with E-state index in [-0.39, 0.29) is 23.6 Å². The zero-order valence-corrected chi connectivity index (χ0v) is 13.3. The molecule has 0 saturated carbocycles. The molecule has 126 valence electrons. The molecule has 1 amide bonds. The zero-order valence-electron chi connectivity index (χ0n) is 13.3. The van der Waals surface area contributed by atoms with E-state index >= 15 is 0 Å². The number of aromatic carboxylic acids is 1. The number of anilines is 1. The second-order valence-corrected chi connectivity index (χ2v) is 5.86. The number of aromatic nitrogens is 2. The number of carbonyl (C=O) groups is 2. The molecule has 2 N–H and O–H groups in total. The van der Waals surface area contributed by atoms with Gasteiger partial charge in [0, 0.05) is 18.7 Å². The molecular weight excluding hydrogens is 310 g/mol. The molecule has 2 atom stereocenters. The van der Waals surface area contributed by atoms with Crippen molar-refractivity contribution < 1.29 is 19.4 Å². The topological polar surface area (TPSA) is 93.5 Å². The Morgan fingerprint density at radius 1 is 1.33 bits per heavy atom. The fourth-order valence-electron chi connectivity index (χ4n) is 2.82. The van der Waals surface area contributed by atoms with Crippen molar-refractivity contribution in [2.45, 2.75) is 25.9 Å². The predicted octanol–water partition coefficient (Wildman–Crippen LogP) is 2.32. The number of carbonyl (C=O) groups excluding carboxylic acids is 1. The Balaban J connectivity index is 1.81. The van der Waals surface area contributed by atoms with Crippen LogP contribution in [-0.4, -0.2) is 39.5 Å². The van der Waals surface area contributed by atoms with Crippen LogP contribution in [0, 0.1) is 5.92 Å². The molecule has 2 unspecified atom stereocenters. The first kappa shape index (κ1) is 16.2. The van der Waals surface area contributed by atoms with Gasteiger partial charge in [0.25, 0.3) is 0 Å². The molecular formula is C17H19N3O4. The highest BCUT2D eigenvalue weighted by Gasteiger charge is 2.26. The third-order valence-corrected chi connectivity index (χ3v) is 4.07. The molecule has 7 nitrogen and oxygen atoms in total. The van der Waals surface area contributed by atoms with Crippen LogP contribution in [0.2, 0.25) is 0 Å². The summed E-state index contributed by atoms with van der Waals surface area (Å²) < 4.78 is 6.93. The van der Waals surface area contributed by atoms with Gasteiger partial charge in [0.05, 0.1) is 17.5 Å². The van der Waals surface area contributed by atoms with Crippen molar-refractivity contribution in [2.75, 3.05) is 11.9 Å². The minimum Gasteiger partial charge on any atom is -0.476 e. The summed E-state index contributed by atoms with van der Waals surface area (Å²) in [6, 6.07) is 8.59. The van der Waals surface area contributed by atoms with E-state index in [1.54, 1.807) is 18.3 Å². The summed E-state index contributed by atoms with van der Waals surface area (Å²) in [5, 5.41) is 16.0. The van der Waals surface area contributed by atoms with Crippen LogP contribution < -0.4 is 5.32 Å². The second kappa shape index (κ2) is 6.84. The molecule has 0 bridgehead atoms. The van der Waals surface area contributed by atoms with E-state index in [0.717, 1.165) is 0 Å². The Kier molecular flexibility index (Phi) is 4.61. The van der Waals surface area contributed by atoms with E-state index in [1.165, 1.54) is 10.7 Å². The molecule has 1 aromatic carbocycles. The number of benzene rings is 1. The SMILES string of the molecule is CC1CC(C(=O)Nc2ccccc2-n2ccc(C(=O)O)n2)CCO1. The van der Waals surface area contributed by atoms with Gasteiger partial charge >= 0.3 is 5.97 Å². The van der Waals surface area contributed by atoms with Crippen LogP contribution in [0.15, 0.2) is 36.5 Å². The summed E-state index contributed by atoms with van der Waals surface area (Å²) in [4.78, 5) is 23.5. The second-order valence-electron chi connectivity index (χ2n) is 5.86. The Morgan fingerprint density at radius 2 is 2.12 bits per heavy atom. The van der Waals surface area contributed by atoms with Gasteiger partial charge in [0.2, 0.25) is 5.91 Å². The van der Waals surface area contributed by atoms with E-state index in [0.29, 0.717) is 30.8 Å². The summed E-state index contributed by atoms with van der Waals surface area (Å²) in [6.45, 7) is 2.55. The van der Waals surface area contributed by atoms with Crippen molar-refractivity contribution in [3.05, 3.63) is 42.2 Å². The van der Waals surface area contributed by atoms with Crippen molar-refractivity contribution in [3.63, 3.8) is 0 Å². The largest absolute Gasteiger partial charge is 0.476 e. The lowest BCUT2D eigenvalue weighted by Gasteiger charge is -2.26. The standard InChI is InChI=1S/C17H19N3O4/c1-11-10-12(7-9-24-11)16(21)18-13-4-2-3-5-15(13)20-8-6-14(19-20)17(22)23/h2-6,8,11-12H,7,9-10H2,1H3,(H,18,21)(H,22,23). The number of hydrogen-bond donors (Lipinski definition) is 2. The lowest BCUT2D eigenvalue weighted by atomic mass is 9.95. The van der Waals surface area contributed by atoms with Crippen LogP contribution >= 0.6 is 0 Å². The molecule has 7 heteroatoms. The number of nitrogens with zero attached hydrogens (tertiary/aromatic N) is 2. The molecule has 0 spiro atoms. The summed E-state index contributed by atoms with van der Waals surface area (Å²) in [5.74, 6) is -1.23. The van der Waals surface area contributed by atoms with Crippen LogP contribution in [0.4, 0.5) is 5.69 Å². The average molecular weight is 329 g/mol. The summed E-state index contributed by atoms with van der Waals surface area (Å²) in [6.07, 6.45) is 3.03. The Hall–Kier alpha value is -2.67. The highest BCUT2D eigenvalue weighted by atomic mass is 16.5. The number of para-hydroxylation sites is 2. The molecule has 1 aromatic heterocycles. The first-order chi connectivity index (χ1) is 11.5. The number of carboxylic acids is 1. The lowest BCUT2D eigenvalue weighted by Crippen LogP contribution is -2.32. The molecule has 3 rings (SSSR count). The number of ether oxygens (including phenoxy) is 1. The predicted molar refractivity (Wildman–Crippen MR) is 87.3 cm³/mol. The molecule has 1 aliphatic rings. The normalized spacial score (nSPS) is 20.5. The molecule has 1 aliphatic heterocycles. The number of hydrogen-bond acceptors (Lipinski definition) is 4. The van der Waals surface area contributed by atoms with E-state index < -0.39 is 5.97 Å². The van der Waals surface area contributed by atoms with Crippen molar-refractivity contribution in [1.29, 1.82) is 0 Å². The Labute approximate surface area is 139 Å². The third kappa shape index (κ3) is 3.46. The average Bonchev–Trinajstić information content (AvgIpc) is 3.05. The number of rotatable bonds is 4. The summed E-state index contributed by atoms with van der Waals surface area (Å²) in [7, 11) is 0. The van der Waals surface area contributed by atoms with Crippen molar-refractivity contribution in [3.8, 4) is 5.69 Å². The minimum absolute atomic E-state index is 0.0469. The van der Waals surface area contributed by atoms with E-state index in [9.17, 15) is 9.59 Å². The summed E-state index contributed by atoms with van der Waals surface area (Å²) >= 11 is 0. The summed E-state index contributed by atoms with van der Waals surface area (Å²) in [5.41, 5.74) is 1.18. The van der Waals surface area contributed by atoms with Crippen LogP contribution in [0.3, 0.4) is 0 Å². The molecule has 0 aliphatic carbocycles. The van der Waals surface area contributed by atoms with Crippen LogP contribution in [0.25, 0.3) is 5.69 Å².